The molecule has 0 aliphatic carbocycles. The Morgan fingerprint density at radius 3 is 2.28 bits per heavy atom. The first-order valence-corrected chi connectivity index (χ1v) is 11.0. The molecule has 2 aromatic rings. The normalized spacial score (nSPS) is 11.5. The number of hydrogen-bond donors (Lipinski definition) is 0. The second-order valence-electron chi connectivity index (χ2n) is 8.81. The summed E-state index contributed by atoms with van der Waals surface area (Å²) in [4.78, 5) is 23.1. The van der Waals surface area contributed by atoms with Crippen molar-refractivity contribution in [3.05, 3.63) is 60.2 Å². The van der Waals surface area contributed by atoms with Crippen molar-refractivity contribution in [3.63, 3.8) is 0 Å². The van der Waals surface area contributed by atoms with Crippen molar-refractivity contribution in [2.24, 2.45) is 0 Å². The minimum Gasteiger partial charge on any atom is -0.494 e. The van der Waals surface area contributed by atoms with Gasteiger partial charge in [-0.15, -0.1) is 0 Å². The van der Waals surface area contributed by atoms with Gasteiger partial charge in [-0.25, -0.2) is 9.59 Å². The Hall–Kier alpha value is -3.08. The third-order valence-corrected chi connectivity index (χ3v) is 4.54. The highest BCUT2D eigenvalue weighted by Crippen LogP contribution is 2.23. The fraction of sp³-hybridized carbons (Fsp3) is 0.407. The number of carbonyl (C=O) groups excluding carboxylic acids is 2. The summed E-state index contributed by atoms with van der Waals surface area (Å²) >= 11 is 0. The molecule has 2 rings (SSSR count). The smallest absolute Gasteiger partial charge is 0.333 e. The monoisotopic (exact) mass is 438 g/mol. The zero-order valence-corrected chi connectivity index (χ0v) is 19.6. The number of ether oxygens (including phenoxy) is 3. The molecule has 0 atom stereocenters. The molecular weight excluding hydrogens is 404 g/mol. The minimum atomic E-state index is -0.499. The molecule has 5 nitrogen and oxygen atoms in total. The van der Waals surface area contributed by atoms with Gasteiger partial charge in [-0.3, -0.25) is 0 Å². The molecular formula is C27H34O5. The molecule has 0 saturated heterocycles. The van der Waals surface area contributed by atoms with Crippen LogP contribution in [0.4, 0.5) is 0 Å². The Labute approximate surface area is 191 Å². The van der Waals surface area contributed by atoms with Gasteiger partial charge in [-0.05, 0) is 94.0 Å². The van der Waals surface area contributed by atoms with Crippen LogP contribution in [0.5, 0.6) is 5.75 Å². The van der Waals surface area contributed by atoms with Crippen molar-refractivity contribution < 1.29 is 23.8 Å². The van der Waals surface area contributed by atoms with Gasteiger partial charge in [0, 0.05) is 11.6 Å². The molecule has 5 heteroatoms. The summed E-state index contributed by atoms with van der Waals surface area (Å²) in [6.07, 6.45) is 7.02. The highest BCUT2D eigenvalue weighted by Gasteiger charge is 2.13. The molecule has 0 fully saturated rings. The van der Waals surface area contributed by atoms with E-state index in [1.54, 1.807) is 13.0 Å². The lowest BCUT2D eigenvalue weighted by Gasteiger charge is -2.17. The molecule has 0 aromatic heterocycles. The maximum absolute atomic E-state index is 11.8. The van der Waals surface area contributed by atoms with Crippen LogP contribution in [-0.4, -0.2) is 30.8 Å². The first-order valence-electron chi connectivity index (χ1n) is 11.0. The molecule has 0 aliphatic heterocycles. The number of benzene rings is 2. The predicted octanol–water partition coefficient (Wildman–Crippen LogP) is 6.25. The minimum absolute atomic E-state index is 0.323. The van der Waals surface area contributed by atoms with Crippen molar-refractivity contribution >= 4 is 28.8 Å². The average molecular weight is 439 g/mol. The predicted molar refractivity (Wildman–Crippen MR) is 129 cm³/mol. The molecule has 0 radical (unpaired) electrons. The highest BCUT2D eigenvalue weighted by molar-refractivity contribution is 5.90. The first kappa shape index (κ1) is 25.2. The van der Waals surface area contributed by atoms with Gasteiger partial charge in [0.25, 0.3) is 0 Å². The Morgan fingerprint density at radius 1 is 0.938 bits per heavy atom. The number of rotatable bonds is 11. The number of carbonyl (C=O) groups is 2. The van der Waals surface area contributed by atoms with Crippen LogP contribution >= 0.6 is 0 Å². The van der Waals surface area contributed by atoms with Crippen LogP contribution < -0.4 is 4.74 Å². The summed E-state index contributed by atoms with van der Waals surface area (Å²) in [6, 6.07) is 12.0. The van der Waals surface area contributed by atoms with Crippen molar-refractivity contribution in [3.8, 4) is 5.75 Å². The fourth-order valence-corrected chi connectivity index (χ4v) is 2.97. The van der Waals surface area contributed by atoms with Gasteiger partial charge >= 0.3 is 11.9 Å². The van der Waals surface area contributed by atoms with Crippen molar-refractivity contribution in [2.75, 3.05) is 13.2 Å². The fourth-order valence-electron chi connectivity index (χ4n) is 2.97. The van der Waals surface area contributed by atoms with Gasteiger partial charge < -0.3 is 14.2 Å². The standard InChI is InChI=1S/C27H34O5/c1-20(2)26(29)31-17-9-7-6-8-16-30-24-14-13-22-18-21(10-12-23(22)19-24)11-15-25(28)32-27(3,4)5/h10-15,18-19H,1,6-9,16-17H2,2-5H3/b15-11+. The molecule has 0 aliphatic rings. The van der Waals surface area contributed by atoms with Gasteiger partial charge in [0.2, 0.25) is 0 Å². The number of hydrogen-bond acceptors (Lipinski definition) is 5. The molecule has 0 bridgehead atoms. The second kappa shape index (κ2) is 12.1. The van der Waals surface area contributed by atoms with E-state index in [-0.39, 0.29) is 11.9 Å². The topological polar surface area (TPSA) is 61.8 Å². The third-order valence-electron chi connectivity index (χ3n) is 4.54. The van der Waals surface area contributed by atoms with Crippen LogP contribution in [0.25, 0.3) is 16.8 Å². The number of esters is 2. The van der Waals surface area contributed by atoms with Crippen LogP contribution in [0.15, 0.2) is 54.6 Å². The first-order chi connectivity index (χ1) is 15.1. The lowest BCUT2D eigenvalue weighted by atomic mass is 10.1. The van der Waals surface area contributed by atoms with E-state index in [1.807, 2.05) is 57.2 Å². The van der Waals surface area contributed by atoms with E-state index in [9.17, 15) is 9.59 Å². The molecule has 0 N–H and O–H groups in total. The second-order valence-corrected chi connectivity index (χ2v) is 8.81. The van der Waals surface area contributed by atoms with Crippen LogP contribution in [0.1, 0.15) is 58.9 Å². The van der Waals surface area contributed by atoms with Crippen molar-refractivity contribution in [1.29, 1.82) is 0 Å². The summed E-state index contributed by atoms with van der Waals surface area (Å²) in [5.41, 5.74) is 0.869. The SMILES string of the molecule is C=C(C)C(=O)OCCCCCCOc1ccc2cc(/C=C/C(=O)OC(C)(C)C)ccc2c1. The van der Waals surface area contributed by atoms with Crippen LogP contribution in [0.3, 0.4) is 0 Å². The van der Waals surface area contributed by atoms with Crippen LogP contribution in [0.2, 0.25) is 0 Å². The van der Waals surface area contributed by atoms with E-state index in [0.717, 1.165) is 47.8 Å². The quantitative estimate of drug-likeness (QED) is 0.236. The van der Waals surface area contributed by atoms with E-state index in [0.29, 0.717) is 18.8 Å². The van der Waals surface area contributed by atoms with Gasteiger partial charge in [-0.1, -0.05) is 24.8 Å². The van der Waals surface area contributed by atoms with E-state index in [1.165, 1.54) is 6.08 Å². The van der Waals surface area contributed by atoms with E-state index >= 15 is 0 Å². The van der Waals surface area contributed by atoms with E-state index < -0.39 is 5.60 Å². The van der Waals surface area contributed by atoms with Crippen molar-refractivity contribution in [2.45, 2.75) is 59.0 Å². The van der Waals surface area contributed by atoms with Gasteiger partial charge in [0.15, 0.2) is 0 Å². The maximum Gasteiger partial charge on any atom is 0.333 e. The van der Waals surface area contributed by atoms with E-state index in [2.05, 4.69) is 6.58 Å². The Kier molecular flexibility index (Phi) is 9.51. The molecule has 2 aromatic carbocycles. The Bertz CT molecular complexity index is 966. The lowest BCUT2D eigenvalue weighted by Crippen LogP contribution is -2.22. The number of fused-ring (bicyclic) bond motifs is 1. The summed E-state index contributed by atoms with van der Waals surface area (Å²) in [5.74, 6) is 0.162. The lowest BCUT2D eigenvalue weighted by molar-refractivity contribution is -0.148. The molecule has 172 valence electrons. The van der Waals surface area contributed by atoms with Gasteiger partial charge in [-0.2, -0.15) is 0 Å². The summed E-state index contributed by atoms with van der Waals surface area (Å²) in [5, 5.41) is 2.16. The average Bonchev–Trinajstić information content (AvgIpc) is 2.72. The third kappa shape index (κ3) is 9.38. The van der Waals surface area contributed by atoms with Crippen LogP contribution in [-0.2, 0) is 19.1 Å². The molecule has 0 heterocycles. The van der Waals surface area contributed by atoms with E-state index in [4.69, 9.17) is 14.2 Å². The summed E-state index contributed by atoms with van der Waals surface area (Å²) < 4.78 is 16.2. The molecule has 0 saturated carbocycles. The number of unbranched alkanes of at least 4 members (excludes halogenated alkanes) is 3. The summed E-state index contributed by atoms with van der Waals surface area (Å²) in [6.45, 7) is 11.8. The molecule has 32 heavy (non-hydrogen) atoms. The largest absolute Gasteiger partial charge is 0.494 e. The van der Waals surface area contributed by atoms with Crippen molar-refractivity contribution in [1.82, 2.24) is 0 Å². The van der Waals surface area contributed by atoms with Gasteiger partial charge in [0.05, 0.1) is 13.2 Å². The Morgan fingerprint density at radius 2 is 1.59 bits per heavy atom. The van der Waals surface area contributed by atoms with Crippen LogP contribution in [0, 0.1) is 0 Å². The Balaban J connectivity index is 1.76. The summed E-state index contributed by atoms with van der Waals surface area (Å²) in [7, 11) is 0. The molecule has 0 amide bonds. The highest BCUT2D eigenvalue weighted by atomic mass is 16.6. The molecule has 0 unspecified atom stereocenters. The molecule has 0 spiro atoms. The maximum atomic E-state index is 11.8. The zero-order chi connectivity index (χ0) is 23.6. The zero-order valence-electron chi connectivity index (χ0n) is 19.6. The van der Waals surface area contributed by atoms with Gasteiger partial charge in [0.1, 0.15) is 11.4 Å².